The molecule has 0 saturated carbocycles. The maximum absolute atomic E-state index is 13.0. The lowest BCUT2D eigenvalue weighted by Crippen LogP contribution is -2.14. The van der Waals surface area contributed by atoms with Crippen molar-refractivity contribution in [1.82, 2.24) is 0 Å². The average molecular weight is 224 g/mol. The summed E-state index contributed by atoms with van der Waals surface area (Å²) in [6.07, 6.45) is 2.07. The first-order chi connectivity index (χ1) is 7.65. The Kier molecular flexibility index (Phi) is 4.92. The number of hydrogen-bond donors (Lipinski definition) is 2. The van der Waals surface area contributed by atoms with E-state index in [4.69, 9.17) is 15.9 Å². The second-order valence-corrected chi connectivity index (χ2v) is 3.62. The van der Waals surface area contributed by atoms with Crippen molar-refractivity contribution >= 4 is 5.84 Å². The molecule has 0 aliphatic carbocycles. The largest absolute Gasteiger partial charge is 0.384 e. The van der Waals surface area contributed by atoms with Crippen molar-refractivity contribution in [2.75, 3.05) is 6.61 Å². The van der Waals surface area contributed by atoms with Crippen molar-refractivity contribution in [1.29, 1.82) is 5.41 Å². The molecule has 0 spiro atoms. The maximum atomic E-state index is 13.0. The van der Waals surface area contributed by atoms with Gasteiger partial charge in [0, 0.05) is 12.2 Å². The number of rotatable bonds is 6. The molecule has 0 heterocycles. The van der Waals surface area contributed by atoms with Crippen molar-refractivity contribution < 1.29 is 9.13 Å². The third-order valence-electron chi connectivity index (χ3n) is 2.26. The van der Waals surface area contributed by atoms with Gasteiger partial charge in [-0.25, -0.2) is 4.39 Å². The van der Waals surface area contributed by atoms with Crippen LogP contribution < -0.4 is 5.73 Å². The summed E-state index contributed by atoms with van der Waals surface area (Å²) < 4.78 is 18.4. The third kappa shape index (κ3) is 3.62. The van der Waals surface area contributed by atoms with E-state index >= 15 is 0 Å². The van der Waals surface area contributed by atoms with Gasteiger partial charge in [-0.3, -0.25) is 5.41 Å². The minimum atomic E-state index is -0.387. The molecule has 0 unspecified atom stereocenters. The monoisotopic (exact) mass is 224 g/mol. The number of benzene rings is 1. The highest BCUT2D eigenvalue weighted by atomic mass is 19.1. The molecule has 0 fully saturated rings. The summed E-state index contributed by atoms with van der Waals surface area (Å²) in [4.78, 5) is 0. The van der Waals surface area contributed by atoms with Gasteiger partial charge in [0.15, 0.2) is 0 Å². The first-order valence-corrected chi connectivity index (χ1v) is 5.35. The number of ether oxygens (including phenoxy) is 1. The second kappa shape index (κ2) is 6.23. The summed E-state index contributed by atoms with van der Waals surface area (Å²) in [5.74, 6) is -0.518. The Balaban J connectivity index is 2.67. The van der Waals surface area contributed by atoms with Crippen LogP contribution in [0.1, 0.15) is 30.9 Å². The Morgan fingerprint density at radius 2 is 2.25 bits per heavy atom. The van der Waals surface area contributed by atoms with E-state index in [-0.39, 0.29) is 11.7 Å². The molecule has 0 amide bonds. The van der Waals surface area contributed by atoms with E-state index in [0.717, 1.165) is 18.4 Å². The van der Waals surface area contributed by atoms with Crippen LogP contribution in [-0.4, -0.2) is 12.4 Å². The molecular formula is C12H17FN2O. The standard InChI is InChI=1S/C12H17FN2O/c1-2-3-6-16-8-9-4-5-10(13)7-11(9)12(14)15/h4-5,7H,2-3,6,8H2,1H3,(H3,14,15). The highest BCUT2D eigenvalue weighted by molar-refractivity contribution is 5.96. The molecule has 1 rings (SSSR count). The van der Waals surface area contributed by atoms with Crippen molar-refractivity contribution in [2.45, 2.75) is 26.4 Å². The second-order valence-electron chi connectivity index (χ2n) is 3.62. The van der Waals surface area contributed by atoms with Gasteiger partial charge in [-0.2, -0.15) is 0 Å². The molecule has 0 atom stereocenters. The van der Waals surface area contributed by atoms with Gasteiger partial charge in [0.2, 0.25) is 0 Å². The van der Waals surface area contributed by atoms with Crippen LogP contribution in [0, 0.1) is 11.2 Å². The van der Waals surface area contributed by atoms with Crippen LogP contribution >= 0.6 is 0 Å². The van der Waals surface area contributed by atoms with Crippen LogP contribution in [0.3, 0.4) is 0 Å². The molecule has 1 aromatic rings. The molecule has 0 bridgehead atoms. The lowest BCUT2D eigenvalue weighted by molar-refractivity contribution is 0.118. The normalized spacial score (nSPS) is 10.4. The summed E-state index contributed by atoms with van der Waals surface area (Å²) in [6, 6.07) is 4.23. The Morgan fingerprint density at radius 3 is 2.88 bits per heavy atom. The molecule has 0 aliphatic heterocycles. The SMILES string of the molecule is CCCCOCc1ccc(F)cc1C(=N)N. The van der Waals surface area contributed by atoms with E-state index in [1.54, 1.807) is 6.07 Å². The summed E-state index contributed by atoms with van der Waals surface area (Å²) in [6.45, 7) is 3.13. The van der Waals surface area contributed by atoms with E-state index in [0.29, 0.717) is 18.8 Å². The van der Waals surface area contributed by atoms with Gasteiger partial charge in [-0.05, 0) is 24.1 Å². The van der Waals surface area contributed by atoms with Crippen LogP contribution in [0.15, 0.2) is 18.2 Å². The van der Waals surface area contributed by atoms with E-state index in [2.05, 4.69) is 6.92 Å². The predicted molar refractivity (Wildman–Crippen MR) is 62.0 cm³/mol. The number of amidine groups is 1. The molecule has 0 saturated heterocycles. The Hall–Kier alpha value is -1.42. The molecule has 3 N–H and O–H groups in total. The van der Waals surface area contributed by atoms with Gasteiger partial charge < -0.3 is 10.5 Å². The molecule has 16 heavy (non-hydrogen) atoms. The highest BCUT2D eigenvalue weighted by Crippen LogP contribution is 2.12. The van der Waals surface area contributed by atoms with Gasteiger partial charge >= 0.3 is 0 Å². The zero-order valence-electron chi connectivity index (χ0n) is 9.42. The lowest BCUT2D eigenvalue weighted by Gasteiger charge is -2.09. The summed E-state index contributed by atoms with van der Waals surface area (Å²) >= 11 is 0. The minimum absolute atomic E-state index is 0.131. The average Bonchev–Trinajstić information content (AvgIpc) is 2.26. The maximum Gasteiger partial charge on any atom is 0.123 e. The van der Waals surface area contributed by atoms with Gasteiger partial charge in [0.05, 0.1) is 6.61 Å². The van der Waals surface area contributed by atoms with Gasteiger partial charge in [-0.1, -0.05) is 19.4 Å². The zero-order valence-corrected chi connectivity index (χ0v) is 9.42. The minimum Gasteiger partial charge on any atom is -0.384 e. The Labute approximate surface area is 94.9 Å². The molecular weight excluding hydrogens is 207 g/mol. The Morgan fingerprint density at radius 1 is 1.50 bits per heavy atom. The number of unbranched alkanes of at least 4 members (excludes halogenated alkanes) is 1. The van der Waals surface area contributed by atoms with Gasteiger partial charge in [-0.15, -0.1) is 0 Å². The number of hydrogen-bond acceptors (Lipinski definition) is 2. The number of halogens is 1. The topological polar surface area (TPSA) is 59.1 Å². The molecule has 0 aliphatic rings. The van der Waals surface area contributed by atoms with E-state index in [1.165, 1.54) is 12.1 Å². The van der Waals surface area contributed by atoms with Crippen LogP contribution in [-0.2, 0) is 11.3 Å². The predicted octanol–water partition coefficient (Wildman–Crippen LogP) is 2.43. The number of nitrogens with two attached hydrogens (primary N) is 1. The van der Waals surface area contributed by atoms with E-state index < -0.39 is 0 Å². The fraction of sp³-hybridized carbons (Fsp3) is 0.417. The van der Waals surface area contributed by atoms with Crippen molar-refractivity contribution in [3.05, 3.63) is 35.1 Å². The van der Waals surface area contributed by atoms with E-state index in [1.807, 2.05) is 0 Å². The summed E-state index contributed by atoms with van der Waals surface area (Å²) in [7, 11) is 0. The van der Waals surface area contributed by atoms with Crippen molar-refractivity contribution in [2.24, 2.45) is 5.73 Å². The first kappa shape index (κ1) is 12.6. The molecule has 0 aromatic heterocycles. The number of nitrogens with one attached hydrogen (secondary N) is 1. The molecule has 1 aromatic carbocycles. The zero-order chi connectivity index (χ0) is 12.0. The fourth-order valence-electron chi connectivity index (χ4n) is 1.35. The lowest BCUT2D eigenvalue weighted by atomic mass is 10.1. The number of nitrogen functional groups attached to an aromatic ring is 1. The van der Waals surface area contributed by atoms with Gasteiger partial charge in [0.25, 0.3) is 0 Å². The van der Waals surface area contributed by atoms with Gasteiger partial charge in [0.1, 0.15) is 11.7 Å². The van der Waals surface area contributed by atoms with Crippen LogP contribution in [0.2, 0.25) is 0 Å². The highest BCUT2D eigenvalue weighted by Gasteiger charge is 2.06. The Bertz CT molecular complexity index is 366. The summed E-state index contributed by atoms with van der Waals surface area (Å²) in [5.41, 5.74) is 6.54. The molecule has 0 radical (unpaired) electrons. The molecule has 4 heteroatoms. The summed E-state index contributed by atoms with van der Waals surface area (Å²) in [5, 5.41) is 7.34. The molecule has 3 nitrogen and oxygen atoms in total. The van der Waals surface area contributed by atoms with Crippen molar-refractivity contribution in [3.63, 3.8) is 0 Å². The van der Waals surface area contributed by atoms with Crippen LogP contribution in [0.4, 0.5) is 4.39 Å². The fourth-order valence-corrected chi connectivity index (χ4v) is 1.35. The van der Waals surface area contributed by atoms with Crippen molar-refractivity contribution in [3.8, 4) is 0 Å². The van der Waals surface area contributed by atoms with Crippen LogP contribution in [0.25, 0.3) is 0 Å². The quantitative estimate of drug-likeness (QED) is 0.443. The molecule has 88 valence electrons. The van der Waals surface area contributed by atoms with E-state index in [9.17, 15) is 4.39 Å². The first-order valence-electron chi connectivity index (χ1n) is 5.35. The third-order valence-corrected chi connectivity index (χ3v) is 2.26. The van der Waals surface area contributed by atoms with Crippen LogP contribution in [0.5, 0.6) is 0 Å². The smallest absolute Gasteiger partial charge is 0.123 e.